The number of carbonyl (C=O) groups is 1. The molecule has 1 amide bonds. The van der Waals surface area contributed by atoms with Gasteiger partial charge in [0.15, 0.2) is 11.6 Å². The van der Waals surface area contributed by atoms with Crippen molar-refractivity contribution in [1.82, 2.24) is 19.7 Å². The number of rotatable bonds is 5. The summed E-state index contributed by atoms with van der Waals surface area (Å²) in [4.78, 5) is 16.7. The number of hydrogen-bond acceptors (Lipinski definition) is 4. The molecule has 0 atom stereocenters. The number of benzene rings is 2. The second kappa shape index (κ2) is 7.84. The largest absolute Gasteiger partial charge is 0.378 e. The van der Waals surface area contributed by atoms with Crippen molar-refractivity contribution in [3.05, 3.63) is 66.0 Å². The molecule has 0 saturated heterocycles. The number of aromatic nitrogens is 3. The standard InChI is InChI=1S/C22H25N5O/c1-25(2)19-10-6-7-17(15-19)11-12-21(28)26-13-14-27-20(16-26)23-24-22(27)18-8-4-3-5-9-18/h3-10,15H,11-14,16H2,1-2H3. The van der Waals surface area contributed by atoms with Crippen LogP contribution in [0.5, 0.6) is 0 Å². The Hall–Kier alpha value is -3.15. The number of hydrogen-bond donors (Lipinski definition) is 0. The van der Waals surface area contributed by atoms with Gasteiger partial charge in [0.1, 0.15) is 0 Å². The number of carbonyl (C=O) groups excluding carboxylic acids is 1. The monoisotopic (exact) mass is 375 g/mol. The molecule has 0 fully saturated rings. The van der Waals surface area contributed by atoms with E-state index in [1.165, 1.54) is 5.56 Å². The zero-order valence-corrected chi connectivity index (χ0v) is 16.4. The van der Waals surface area contributed by atoms with Gasteiger partial charge in [0.05, 0.1) is 6.54 Å². The van der Waals surface area contributed by atoms with Gasteiger partial charge >= 0.3 is 0 Å². The molecule has 0 N–H and O–H groups in total. The molecular formula is C22H25N5O. The molecule has 0 radical (unpaired) electrons. The number of nitrogens with zero attached hydrogens (tertiary/aromatic N) is 5. The van der Waals surface area contributed by atoms with E-state index in [9.17, 15) is 4.79 Å². The van der Waals surface area contributed by atoms with E-state index in [0.29, 0.717) is 19.5 Å². The van der Waals surface area contributed by atoms with E-state index in [4.69, 9.17) is 0 Å². The molecule has 1 aliphatic rings. The zero-order valence-electron chi connectivity index (χ0n) is 16.4. The van der Waals surface area contributed by atoms with Crippen molar-refractivity contribution in [2.75, 3.05) is 25.5 Å². The van der Waals surface area contributed by atoms with E-state index in [-0.39, 0.29) is 5.91 Å². The van der Waals surface area contributed by atoms with Gasteiger partial charge in [-0.2, -0.15) is 0 Å². The minimum atomic E-state index is 0.172. The molecule has 0 aliphatic carbocycles. The quantitative estimate of drug-likeness (QED) is 0.688. The summed E-state index contributed by atoms with van der Waals surface area (Å²) in [5.41, 5.74) is 3.40. The highest BCUT2D eigenvalue weighted by molar-refractivity contribution is 5.76. The van der Waals surface area contributed by atoms with Gasteiger partial charge in [-0.05, 0) is 24.1 Å². The maximum absolute atomic E-state index is 12.7. The topological polar surface area (TPSA) is 54.3 Å². The van der Waals surface area contributed by atoms with E-state index >= 15 is 0 Å². The Morgan fingerprint density at radius 2 is 1.86 bits per heavy atom. The van der Waals surface area contributed by atoms with Crippen molar-refractivity contribution < 1.29 is 4.79 Å². The van der Waals surface area contributed by atoms with Crippen molar-refractivity contribution in [1.29, 1.82) is 0 Å². The molecule has 3 aromatic rings. The maximum atomic E-state index is 12.7. The third kappa shape index (κ3) is 3.76. The summed E-state index contributed by atoms with van der Waals surface area (Å²) >= 11 is 0. The number of amides is 1. The molecule has 2 aromatic carbocycles. The minimum absolute atomic E-state index is 0.172. The first-order chi connectivity index (χ1) is 13.6. The Labute approximate surface area is 165 Å². The third-order valence-corrected chi connectivity index (χ3v) is 5.19. The summed E-state index contributed by atoms with van der Waals surface area (Å²) in [6.07, 6.45) is 1.26. The zero-order chi connectivity index (χ0) is 19.5. The van der Waals surface area contributed by atoms with Crippen LogP contribution in [-0.2, 0) is 24.3 Å². The smallest absolute Gasteiger partial charge is 0.223 e. The van der Waals surface area contributed by atoms with Crippen LogP contribution in [0, 0.1) is 0 Å². The average Bonchev–Trinajstić information content (AvgIpc) is 3.16. The van der Waals surface area contributed by atoms with Gasteiger partial charge < -0.3 is 14.4 Å². The van der Waals surface area contributed by atoms with Crippen molar-refractivity contribution in [3.8, 4) is 11.4 Å². The predicted octanol–water partition coefficient (Wildman–Crippen LogP) is 2.99. The highest BCUT2D eigenvalue weighted by Gasteiger charge is 2.24. The summed E-state index contributed by atoms with van der Waals surface area (Å²) in [5.74, 6) is 1.90. The number of fused-ring (bicyclic) bond motifs is 1. The summed E-state index contributed by atoms with van der Waals surface area (Å²) in [6.45, 7) is 1.95. The predicted molar refractivity (Wildman–Crippen MR) is 110 cm³/mol. The van der Waals surface area contributed by atoms with Gasteiger partial charge in [0, 0.05) is 44.9 Å². The fraction of sp³-hybridized carbons (Fsp3) is 0.318. The Balaban J connectivity index is 1.40. The van der Waals surface area contributed by atoms with Crippen LogP contribution in [0.3, 0.4) is 0 Å². The summed E-state index contributed by atoms with van der Waals surface area (Å²) in [5, 5.41) is 8.68. The van der Waals surface area contributed by atoms with Crippen LogP contribution in [0.4, 0.5) is 5.69 Å². The van der Waals surface area contributed by atoms with Gasteiger partial charge in [0.25, 0.3) is 0 Å². The van der Waals surface area contributed by atoms with Crippen LogP contribution >= 0.6 is 0 Å². The van der Waals surface area contributed by atoms with Crippen LogP contribution < -0.4 is 4.90 Å². The Kier molecular flexibility index (Phi) is 5.10. The van der Waals surface area contributed by atoms with E-state index in [2.05, 4.69) is 37.9 Å². The van der Waals surface area contributed by atoms with Crippen molar-refractivity contribution in [3.63, 3.8) is 0 Å². The lowest BCUT2D eigenvalue weighted by Gasteiger charge is -2.28. The lowest BCUT2D eigenvalue weighted by molar-refractivity contribution is -0.132. The molecule has 1 aromatic heterocycles. The molecular weight excluding hydrogens is 350 g/mol. The Bertz CT molecular complexity index is 964. The molecule has 0 spiro atoms. The molecule has 144 valence electrons. The molecule has 2 heterocycles. The third-order valence-electron chi connectivity index (χ3n) is 5.19. The van der Waals surface area contributed by atoms with Crippen LogP contribution in [0.1, 0.15) is 17.8 Å². The highest BCUT2D eigenvalue weighted by Crippen LogP contribution is 2.22. The lowest BCUT2D eigenvalue weighted by Crippen LogP contribution is -2.38. The first-order valence-corrected chi connectivity index (χ1v) is 9.63. The van der Waals surface area contributed by atoms with Gasteiger partial charge in [-0.3, -0.25) is 4.79 Å². The number of anilines is 1. The van der Waals surface area contributed by atoms with Gasteiger partial charge in [-0.1, -0.05) is 42.5 Å². The second-order valence-electron chi connectivity index (χ2n) is 7.34. The molecule has 6 heteroatoms. The molecule has 0 unspecified atom stereocenters. The molecule has 0 saturated carbocycles. The summed E-state index contributed by atoms with van der Waals surface area (Å²) in [6, 6.07) is 18.4. The van der Waals surface area contributed by atoms with Gasteiger partial charge in [0.2, 0.25) is 5.91 Å². The van der Waals surface area contributed by atoms with Gasteiger partial charge in [-0.25, -0.2) is 0 Å². The Morgan fingerprint density at radius 3 is 2.64 bits per heavy atom. The van der Waals surface area contributed by atoms with Crippen molar-refractivity contribution in [2.24, 2.45) is 0 Å². The SMILES string of the molecule is CN(C)c1cccc(CCC(=O)N2CCn3c(nnc3-c3ccccc3)C2)c1. The normalized spacial score (nSPS) is 13.3. The highest BCUT2D eigenvalue weighted by atomic mass is 16.2. The molecule has 4 rings (SSSR count). The average molecular weight is 375 g/mol. The molecule has 1 aliphatic heterocycles. The summed E-state index contributed by atoms with van der Waals surface area (Å²) in [7, 11) is 4.05. The lowest BCUT2D eigenvalue weighted by atomic mass is 10.1. The van der Waals surface area contributed by atoms with Crippen molar-refractivity contribution in [2.45, 2.75) is 25.9 Å². The molecule has 6 nitrogen and oxygen atoms in total. The fourth-order valence-electron chi connectivity index (χ4n) is 3.57. The van der Waals surface area contributed by atoms with Crippen molar-refractivity contribution >= 4 is 11.6 Å². The van der Waals surface area contributed by atoms with Crippen LogP contribution in [0.25, 0.3) is 11.4 Å². The first kappa shape index (κ1) is 18.2. The Morgan fingerprint density at radius 1 is 1.04 bits per heavy atom. The fourth-order valence-corrected chi connectivity index (χ4v) is 3.57. The van der Waals surface area contributed by atoms with E-state index in [0.717, 1.165) is 35.9 Å². The molecule has 0 bridgehead atoms. The minimum Gasteiger partial charge on any atom is -0.378 e. The number of aryl methyl sites for hydroxylation is 1. The molecule has 28 heavy (non-hydrogen) atoms. The van der Waals surface area contributed by atoms with E-state index in [1.54, 1.807) is 0 Å². The van der Waals surface area contributed by atoms with Gasteiger partial charge in [-0.15, -0.1) is 10.2 Å². The maximum Gasteiger partial charge on any atom is 0.223 e. The summed E-state index contributed by atoms with van der Waals surface area (Å²) < 4.78 is 2.12. The first-order valence-electron chi connectivity index (χ1n) is 9.63. The van der Waals surface area contributed by atoms with Crippen LogP contribution in [0.2, 0.25) is 0 Å². The van der Waals surface area contributed by atoms with Crippen LogP contribution in [0.15, 0.2) is 54.6 Å². The van der Waals surface area contributed by atoms with E-state index in [1.807, 2.05) is 55.4 Å². The van der Waals surface area contributed by atoms with Crippen LogP contribution in [-0.4, -0.2) is 46.2 Å². The van der Waals surface area contributed by atoms with E-state index < -0.39 is 0 Å². The second-order valence-corrected chi connectivity index (χ2v) is 7.34.